The van der Waals surface area contributed by atoms with Crippen LogP contribution in [0.2, 0.25) is 0 Å². The van der Waals surface area contributed by atoms with Gasteiger partial charge < -0.3 is 21.3 Å². The number of nitrogens with zero attached hydrogens (tertiary/aromatic N) is 2. The maximum absolute atomic E-state index is 14.3. The lowest BCUT2D eigenvalue weighted by Gasteiger charge is -2.37. The summed E-state index contributed by atoms with van der Waals surface area (Å²) in [6.07, 6.45) is 9.60. The predicted molar refractivity (Wildman–Crippen MR) is 150 cm³/mol. The van der Waals surface area contributed by atoms with Crippen molar-refractivity contribution >= 4 is 40.0 Å². The Kier molecular flexibility index (Phi) is 8.04. The number of rotatable bonds is 11. The van der Waals surface area contributed by atoms with Gasteiger partial charge in [0.1, 0.15) is 12.1 Å². The van der Waals surface area contributed by atoms with Gasteiger partial charge in [0.25, 0.3) is 5.91 Å². The van der Waals surface area contributed by atoms with E-state index in [4.69, 9.17) is 5.73 Å². The minimum absolute atomic E-state index is 0.0213. The number of primary amides is 1. The van der Waals surface area contributed by atoms with Gasteiger partial charge in [-0.3, -0.25) is 19.2 Å². The number of Topliss-reactive ketones (excluding diaryl/α,β-unsaturated/α-hetero) is 1. The number of ketones is 1. The van der Waals surface area contributed by atoms with Crippen LogP contribution in [0.3, 0.4) is 0 Å². The Labute approximate surface area is 235 Å². The number of aromatic nitrogens is 1. The zero-order valence-corrected chi connectivity index (χ0v) is 24.2. The molecule has 3 aliphatic carbocycles. The van der Waals surface area contributed by atoms with Crippen LogP contribution in [0.5, 0.6) is 0 Å². The molecule has 3 unspecified atom stereocenters. The van der Waals surface area contributed by atoms with E-state index >= 15 is 0 Å². The van der Waals surface area contributed by atoms with Gasteiger partial charge in [-0.1, -0.05) is 59.3 Å². The molecule has 214 valence electrons. The largest absolute Gasteiger partial charge is 0.363 e. The summed E-state index contributed by atoms with van der Waals surface area (Å²) in [6, 6.07) is -2.05. The molecular weight excluding hydrogens is 514 g/mol. The fraction of sp³-hybridized carbons (Fsp3) is 0.759. The summed E-state index contributed by atoms with van der Waals surface area (Å²) in [5.74, 6) is -1.45. The maximum atomic E-state index is 14.3. The highest BCUT2D eigenvalue weighted by atomic mass is 32.1. The van der Waals surface area contributed by atoms with Gasteiger partial charge in [0.15, 0.2) is 5.13 Å². The molecule has 0 radical (unpaired) electrons. The zero-order chi connectivity index (χ0) is 27.9. The Morgan fingerprint density at radius 3 is 2.44 bits per heavy atom. The molecule has 10 heteroatoms. The summed E-state index contributed by atoms with van der Waals surface area (Å²) in [5, 5.41) is 9.12. The second kappa shape index (κ2) is 11.2. The van der Waals surface area contributed by atoms with Crippen LogP contribution >= 0.6 is 11.3 Å². The molecule has 0 aromatic carbocycles. The molecule has 1 aromatic heterocycles. The van der Waals surface area contributed by atoms with Gasteiger partial charge in [-0.25, -0.2) is 4.98 Å². The van der Waals surface area contributed by atoms with Crippen molar-refractivity contribution < 1.29 is 19.2 Å². The molecule has 5 atom stereocenters. The summed E-state index contributed by atoms with van der Waals surface area (Å²) in [6.45, 7) is 6.87. The first-order valence-corrected chi connectivity index (χ1v) is 15.6. The molecule has 9 nitrogen and oxygen atoms in total. The van der Waals surface area contributed by atoms with E-state index in [2.05, 4.69) is 36.4 Å². The van der Waals surface area contributed by atoms with Crippen LogP contribution in [0.15, 0.2) is 5.38 Å². The van der Waals surface area contributed by atoms with Gasteiger partial charge in [0.05, 0.1) is 11.7 Å². The Morgan fingerprint density at radius 2 is 1.85 bits per heavy atom. The molecule has 4 fully saturated rings. The minimum atomic E-state index is -1.03. The average molecular weight is 558 g/mol. The number of piperidine rings is 1. The fourth-order valence-corrected chi connectivity index (χ4v) is 8.06. The van der Waals surface area contributed by atoms with Gasteiger partial charge in [-0.15, -0.1) is 11.3 Å². The number of nitrogens with one attached hydrogen (secondary N) is 2. The number of fused-ring (bicyclic) bond motifs is 1. The molecule has 2 heterocycles. The number of carbonyl (C=O) groups excluding carboxylic acids is 4. The summed E-state index contributed by atoms with van der Waals surface area (Å²) in [7, 11) is 0. The number of hydrogen-bond donors (Lipinski definition) is 3. The Morgan fingerprint density at radius 1 is 1.13 bits per heavy atom. The lowest BCUT2D eigenvalue weighted by molar-refractivity contribution is -0.144. The molecule has 39 heavy (non-hydrogen) atoms. The molecule has 1 saturated heterocycles. The van der Waals surface area contributed by atoms with E-state index in [-0.39, 0.29) is 35.0 Å². The van der Waals surface area contributed by atoms with E-state index in [1.165, 1.54) is 17.8 Å². The van der Waals surface area contributed by atoms with E-state index in [0.717, 1.165) is 62.2 Å². The van der Waals surface area contributed by atoms with Gasteiger partial charge in [-0.2, -0.15) is 0 Å². The number of anilines is 1. The highest BCUT2D eigenvalue weighted by molar-refractivity contribution is 7.13. The number of amides is 3. The summed E-state index contributed by atoms with van der Waals surface area (Å²) >= 11 is 1.52. The summed E-state index contributed by atoms with van der Waals surface area (Å²) in [4.78, 5) is 59.0. The fourth-order valence-electron chi connectivity index (χ4n) is 7.23. The monoisotopic (exact) mass is 557 g/mol. The Bertz CT molecular complexity index is 1110. The SMILES string of the molecule is CCc1csc(N[C@H](C(=O)N2CC3C([C@H]2C(=O)NC(CC2CCC2)C(=O)C(N)=O)C3(C)C)C2CCCCC2)n1. The molecule has 0 bridgehead atoms. The number of thiazole rings is 1. The van der Waals surface area contributed by atoms with Crippen molar-refractivity contribution in [3.8, 4) is 0 Å². The Balaban J connectivity index is 1.38. The van der Waals surface area contributed by atoms with Crippen molar-refractivity contribution in [2.75, 3.05) is 11.9 Å². The highest BCUT2D eigenvalue weighted by Crippen LogP contribution is 2.65. The van der Waals surface area contributed by atoms with Gasteiger partial charge in [-0.05, 0) is 54.8 Å². The van der Waals surface area contributed by atoms with Crippen LogP contribution in [0.25, 0.3) is 0 Å². The summed E-state index contributed by atoms with van der Waals surface area (Å²) < 4.78 is 0. The predicted octanol–water partition coefficient (Wildman–Crippen LogP) is 3.28. The highest BCUT2D eigenvalue weighted by Gasteiger charge is 2.69. The molecule has 1 aromatic rings. The van der Waals surface area contributed by atoms with E-state index in [9.17, 15) is 19.2 Å². The molecular formula is C29H43N5O4S. The van der Waals surface area contributed by atoms with Crippen LogP contribution < -0.4 is 16.4 Å². The first kappa shape index (κ1) is 28.1. The lowest BCUT2D eigenvalue weighted by Crippen LogP contribution is -2.58. The van der Waals surface area contributed by atoms with E-state index in [1.54, 1.807) is 4.90 Å². The molecule has 3 amide bonds. The summed E-state index contributed by atoms with van der Waals surface area (Å²) in [5.41, 5.74) is 6.28. The number of nitrogens with two attached hydrogens (primary N) is 1. The van der Waals surface area contributed by atoms with Crippen molar-refractivity contribution in [1.29, 1.82) is 0 Å². The van der Waals surface area contributed by atoms with E-state index < -0.39 is 29.8 Å². The molecule has 0 spiro atoms. The van der Waals surface area contributed by atoms with E-state index in [1.807, 2.05) is 5.38 Å². The second-order valence-electron chi connectivity index (χ2n) is 12.7. The Hall–Kier alpha value is -2.49. The second-order valence-corrected chi connectivity index (χ2v) is 13.6. The minimum Gasteiger partial charge on any atom is -0.363 e. The number of carbonyl (C=O) groups is 4. The van der Waals surface area contributed by atoms with Crippen LogP contribution in [-0.2, 0) is 25.6 Å². The number of aryl methyl sites for hydroxylation is 1. The zero-order valence-electron chi connectivity index (χ0n) is 23.4. The number of hydrogen-bond acceptors (Lipinski definition) is 7. The normalized spacial score (nSPS) is 27.7. The molecule has 3 saturated carbocycles. The van der Waals surface area contributed by atoms with Gasteiger partial charge >= 0.3 is 0 Å². The first-order valence-electron chi connectivity index (χ1n) is 14.8. The van der Waals surface area contributed by atoms with Crippen molar-refractivity contribution in [2.24, 2.45) is 34.8 Å². The third kappa shape index (κ3) is 5.58. The molecule has 5 rings (SSSR count). The van der Waals surface area contributed by atoms with Crippen molar-refractivity contribution in [2.45, 2.75) is 103 Å². The van der Waals surface area contributed by atoms with Crippen LogP contribution in [0.4, 0.5) is 5.13 Å². The van der Waals surface area contributed by atoms with Crippen LogP contribution in [0.1, 0.15) is 84.3 Å². The standard InChI is InChI=1S/C29H43N5O4S/c1-4-18-15-39-28(31-18)33-22(17-11-6-5-7-12-17)27(38)34-14-19-21(29(19,2)3)23(34)26(37)32-20(24(35)25(30)36)13-16-9-8-10-16/h15-17,19-23H,4-14H2,1-3H3,(H2,30,36)(H,31,33)(H,32,37)/t19?,20?,21?,22-,23-/m0/s1. The number of likely N-dealkylation sites (tertiary alicyclic amines) is 1. The first-order chi connectivity index (χ1) is 18.6. The van der Waals surface area contributed by atoms with Crippen molar-refractivity contribution in [3.63, 3.8) is 0 Å². The third-order valence-electron chi connectivity index (χ3n) is 10.0. The quantitative estimate of drug-likeness (QED) is 0.358. The van der Waals surface area contributed by atoms with Gasteiger partial charge in [0, 0.05) is 11.9 Å². The lowest BCUT2D eigenvalue weighted by atomic mass is 9.80. The molecule has 1 aliphatic heterocycles. The third-order valence-corrected chi connectivity index (χ3v) is 10.8. The van der Waals surface area contributed by atoms with Crippen LogP contribution in [-0.4, -0.2) is 58.1 Å². The van der Waals surface area contributed by atoms with Crippen molar-refractivity contribution in [1.82, 2.24) is 15.2 Å². The maximum Gasteiger partial charge on any atom is 0.287 e. The molecule has 4 N–H and O–H groups in total. The topological polar surface area (TPSA) is 134 Å². The smallest absolute Gasteiger partial charge is 0.287 e. The molecule has 4 aliphatic rings. The van der Waals surface area contributed by atoms with Crippen molar-refractivity contribution in [3.05, 3.63) is 11.1 Å². The van der Waals surface area contributed by atoms with Crippen LogP contribution in [0, 0.1) is 29.1 Å². The van der Waals surface area contributed by atoms with Gasteiger partial charge in [0.2, 0.25) is 17.6 Å². The average Bonchev–Trinajstić information content (AvgIpc) is 3.28. The van der Waals surface area contributed by atoms with E-state index in [0.29, 0.717) is 18.9 Å².